The second kappa shape index (κ2) is 9.84. The highest BCUT2D eigenvalue weighted by Gasteiger charge is 2.19. The quantitative estimate of drug-likeness (QED) is 0.632. The molecule has 0 unspecified atom stereocenters. The Morgan fingerprint density at radius 1 is 1.06 bits per heavy atom. The number of pyridine rings is 1. The number of nitrogens with one attached hydrogen (secondary N) is 1. The van der Waals surface area contributed by atoms with Crippen molar-refractivity contribution < 1.29 is 4.79 Å². The predicted octanol–water partition coefficient (Wildman–Crippen LogP) is 2.98. The molecule has 0 aliphatic carbocycles. The van der Waals surface area contributed by atoms with Crippen LogP contribution in [0.25, 0.3) is 0 Å². The molecule has 160 valence electrons. The van der Waals surface area contributed by atoms with Gasteiger partial charge in [0.15, 0.2) is 5.16 Å². The minimum absolute atomic E-state index is 0.182. The number of anilines is 2. The van der Waals surface area contributed by atoms with E-state index >= 15 is 0 Å². The number of carbonyl (C=O) groups is 1. The summed E-state index contributed by atoms with van der Waals surface area (Å²) in [4.78, 5) is 35.4. The third-order valence-corrected chi connectivity index (χ3v) is 5.77. The maximum Gasteiger partial charge on any atom is 0.255 e. The van der Waals surface area contributed by atoms with Crippen LogP contribution in [0.4, 0.5) is 11.6 Å². The maximum absolute atomic E-state index is 12.6. The summed E-state index contributed by atoms with van der Waals surface area (Å²) in [6.07, 6.45) is 2.36. The van der Waals surface area contributed by atoms with Crippen LogP contribution < -0.4 is 10.2 Å². The van der Waals surface area contributed by atoms with Gasteiger partial charge in [0.25, 0.3) is 5.91 Å². The molecule has 1 aromatic carbocycles. The molecule has 0 saturated carbocycles. The average Bonchev–Trinajstić information content (AvgIpc) is 2.80. The molecule has 1 amide bonds. The van der Waals surface area contributed by atoms with E-state index in [2.05, 4.69) is 42.1 Å². The van der Waals surface area contributed by atoms with Crippen molar-refractivity contribution in [3.63, 3.8) is 0 Å². The van der Waals surface area contributed by atoms with Crippen LogP contribution in [0, 0.1) is 0 Å². The summed E-state index contributed by atoms with van der Waals surface area (Å²) in [5.74, 6) is 1.28. The number of benzene rings is 1. The van der Waals surface area contributed by atoms with Gasteiger partial charge >= 0.3 is 0 Å². The normalized spacial score (nSPS) is 14.5. The SMILES string of the molecule is CCc1nc(Sc2cc(C(=O)Nc3ccccc3)ccn2)nc(N2CCN(C)CC2)n1. The molecule has 1 saturated heterocycles. The molecule has 0 bridgehead atoms. The Labute approximate surface area is 186 Å². The Bertz CT molecular complexity index is 1040. The third-order valence-electron chi connectivity index (χ3n) is 4.98. The first kappa shape index (κ1) is 21.2. The Kier molecular flexibility index (Phi) is 6.73. The number of rotatable bonds is 6. The fourth-order valence-corrected chi connectivity index (χ4v) is 3.93. The molecule has 31 heavy (non-hydrogen) atoms. The van der Waals surface area contributed by atoms with Crippen LogP contribution in [-0.4, -0.2) is 64.0 Å². The van der Waals surface area contributed by atoms with Crippen molar-refractivity contribution in [2.45, 2.75) is 23.5 Å². The van der Waals surface area contributed by atoms with Crippen LogP contribution >= 0.6 is 11.8 Å². The lowest BCUT2D eigenvalue weighted by Gasteiger charge is -2.32. The van der Waals surface area contributed by atoms with Gasteiger partial charge in [0.2, 0.25) is 5.95 Å². The summed E-state index contributed by atoms with van der Waals surface area (Å²) in [6, 6.07) is 12.8. The molecule has 4 rings (SSSR count). The third kappa shape index (κ3) is 5.56. The van der Waals surface area contributed by atoms with E-state index in [4.69, 9.17) is 0 Å². The van der Waals surface area contributed by atoms with Gasteiger partial charge in [-0.15, -0.1) is 0 Å². The number of hydrogen-bond donors (Lipinski definition) is 1. The zero-order chi connectivity index (χ0) is 21.6. The first-order valence-corrected chi connectivity index (χ1v) is 11.1. The van der Waals surface area contributed by atoms with E-state index in [9.17, 15) is 4.79 Å². The van der Waals surface area contributed by atoms with E-state index in [1.54, 1.807) is 18.3 Å². The lowest BCUT2D eigenvalue weighted by atomic mass is 10.2. The van der Waals surface area contributed by atoms with Crippen molar-refractivity contribution in [1.82, 2.24) is 24.8 Å². The fourth-order valence-electron chi connectivity index (χ4n) is 3.16. The van der Waals surface area contributed by atoms with Gasteiger partial charge in [-0.2, -0.15) is 9.97 Å². The summed E-state index contributed by atoms with van der Waals surface area (Å²) < 4.78 is 0. The van der Waals surface area contributed by atoms with Crippen molar-refractivity contribution in [2.75, 3.05) is 43.4 Å². The second-order valence-corrected chi connectivity index (χ2v) is 8.27. The highest BCUT2D eigenvalue weighted by atomic mass is 32.2. The number of aromatic nitrogens is 4. The monoisotopic (exact) mass is 435 g/mol. The highest BCUT2D eigenvalue weighted by molar-refractivity contribution is 7.99. The Hall–Kier alpha value is -3.04. The molecular weight excluding hydrogens is 410 g/mol. The van der Waals surface area contributed by atoms with Crippen LogP contribution in [0.15, 0.2) is 58.8 Å². The molecule has 9 heteroatoms. The van der Waals surface area contributed by atoms with Gasteiger partial charge in [0, 0.05) is 50.0 Å². The number of likely N-dealkylation sites (N-methyl/N-ethyl adjacent to an activating group) is 1. The van der Waals surface area contributed by atoms with Gasteiger partial charge in [-0.1, -0.05) is 25.1 Å². The summed E-state index contributed by atoms with van der Waals surface area (Å²) in [5.41, 5.74) is 1.28. The second-order valence-electron chi connectivity index (χ2n) is 7.28. The van der Waals surface area contributed by atoms with Crippen molar-refractivity contribution >= 4 is 29.3 Å². The minimum atomic E-state index is -0.182. The van der Waals surface area contributed by atoms with Crippen molar-refractivity contribution in [1.29, 1.82) is 0 Å². The maximum atomic E-state index is 12.6. The Balaban J connectivity index is 1.51. The van der Waals surface area contributed by atoms with Crippen LogP contribution in [0.2, 0.25) is 0 Å². The fraction of sp³-hybridized carbons (Fsp3) is 0.318. The molecule has 1 aliphatic rings. The van der Waals surface area contributed by atoms with Gasteiger partial charge in [-0.3, -0.25) is 4.79 Å². The molecule has 0 spiro atoms. The van der Waals surface area contributed by atoms with Gasteiger partial charge < -0.3 is 15.1 Å². The smallest absolute Gasteiger partial charge is 0.255 e. The van der Waals surface area contributed by atoms with E-state index < -0.39 is 0 Å². The van der Waals surface area contributed by atoms with E-state index in [1.807, 2.05) is 37.3 Å². The van der Waals surface area contributed by atoms with Crippen LogP contribution in [0.5, 0.6) is 0 Å². The number of para-hydroxylation sites is 1. The first-order valence-electron chi connectivity index (χ1n) is 10.3. The lowest BCUT2D eigenvalue weighted by molar-refractivity contribution is 0.102. The predicted molar refractivity (Wildman–Crippen MR) is 122 cm³/mol. The average molecular weight is 436 g/mol. The van der Waals surface area contributed by atoms with E-state index in [0.29, 0.717) is 21.7 Å². The minimum Gasteiger partial charge on any atom is -0.338 e. The molecule has 0 radical (unpaired) electrons. The zero-order valence-electron chi connectivity index (χ0n) is 17.7. The largest absolute Gasteiger partial charge is 0.338 e. The van der Waals surface area contributed by atoms with Gasteiger partial charge in [-0.05, 0) is 43.1 Å². The molecule has 3 aromatic rings. The summed E-state index contributed by atoms with van der Waals surface area (Å²) in [7, 11) is 2.12. The molecule has 0 atom stereocenters. The first-order chi connectivity index (χ1) is 15.1. The Morgan fingerprint density at radius 2 is 1.84 bits per heavy atom. The molecule has 1 N–H and O–H groups in total. The van der Waals surface area contributed by atoms with Gasteiger partial charge in [-0.25, -0.2) is 9.97 Å². The number of hydrogen-bond acceptors (Lipinski definition) is 8. The molecule has 3 heterocycles. The highest BCUT2D eigenvalue weighted by Crippen LogP contribution is 2.25. The molecule has 1 fully saturated rings. The number of nitrogens with zero attached hydrogens (tertiary/aromatic N) is 6. The van der Waals surface area contributed by atoms with Crippen molar-refractivity contribution in [2.24, 2.45) is 0 Å². The lowest BCUT2D eigenvalue weighted by Crippen LogP contribution is -2.45. The molecular formula is C22H25N7OS. The van der Waals surface area contributed by atoms with Crippen LogP contribution in [0.3, 0.4) is 0 Å². The summed E-state index contributed by atoms with van der Waals surface area (Å²) >= 11 is 1.34. The molecule has 1 aliphatic heterocycles. The van der Waals surface area contributed by atoms with E-state index in [0.717, 1.165) is 44.1 Å². The van der Waals surface area contributed by atoms with Crippen molar-refractivity contribution in [3.05, 3.63) is 60.0 Å². The van der Waals surface area contributed by atoms with Crippen LogP contribution in [0.1, 0.15) is 23.1 Å². The van der Waals surface area contributed by atoms with E-state index in [-0.39, 0.29) is 5.91 Å². The topological polar surface area (TPSA) is 87.1 Å². The number of amides is 1. The van der Waals surface area contributed by atoms with Gasteiger partial charge in [0.05, 0.1) is 0 Å². The Morgan fingerprint density at radius 3 is 2.58 bits per heavy atom. The summed E-state index contributed by atoms with van der Waals surface area (Å²) in [6.45, 7) is 5.78. The number of aryl methyl sites for hydroxylation is 1. The van der Waals surface area contributed by atoms with E-state index in [1.165, 1.54) is 11.8 Å². The molecule has 2 aromatic heterocycles. The zero-order valence-corrected chi connectivity index (χ0v) is 18.5. The van der Waals surface area contributed by atoms with Crippen LogP contribution in [-0.2, 0) is 6.42 Å². The van der Waals surface area contributed by atoms with Gasteiger partial charge in [0.1, 0.15) is 10.9 Å². The molecule has 8 nitrogen and oxygen atoms in total. The standard InChI is InChI=1S/C22H25N7OS/c1-3-18-25-21(29-13-11-28(2)12-14-29)27-22(26-18)31-19-15-16(9-10-23-19)20(30)24-17-7-5-4-6-8-17/h4-10,15H,3,11-14H2,1-2H3,(H,24,30). The number of carbonyl (C=O) groups excluding carboxylic acids is 1. The number of piperazine rings is 1. The summed E-state index contributed by atoms with van der Waals surface area (Å²) in [5, 5.41) is 4.15. The van der Waals surface area contributed by atoms with Crippen molar-refractivity contribution in [3.8, 4) is 0 Å².